The molecule has 2 rings (SSSR count). The van der Waals surface area contributed by atoms with Crippen LogP contribution >= 0.6 is 0 Å². The van der Waals surface area contributed by atoms with Crippen molar-refractivity contribution in [1.29, 1.82) is 0 Å². The first kappa shape index (κ1) is 15.9. The number of nitrogens with one attached hydrogen (secondary N) is 2. The van der Waals surface area contributed by atoms with Crippen LogP contribution < -0.4 is 10.9 Å². The molecule has 2 N–H and O–H groups in total. The zero-order valence-electron chi connectivity index (χ0n) is 13.1. The molecule has 0 saturated carbocycles. The van der Waals surface area contributed by atoms with E-state index in [1.54, 1.807) is 18.7 Å². The summed E-state index contributed by atoms with van der Waals surface area (Å²) in [6.07, 6.45) is 3.41. The highest BCUT2D eigenvalue weighted by atomic mass is 16.2. The molecule has 2 heterocycles. The van der Waals surface area contributed by atoms with Gasteiger partial charge >= 0.3 is 0 Å². The minimum atomic E-state index is -0.470. The number of hydrogen-bond acceptors (Lipinski definition) is 5. The van der Waals surface area contributed by atoms with Gasteiger partial charge in [-0.1, -0.05) is 13.8 Å². The fourth-order valence-corrected chi connectivity index (χ4v) is 2.20. The second-order valence-corrected chi connectivity index (χ2v) is 5.61. The Morgan fingerprint density at radius 3 is 2.68 bits per heavy atom. The largest absolute Gasteiger partial charge is 0.342 e. The lowest BCUT2D eigenvalue weighted by Crippen LogP contribution is -2.35. The lowest BCUT2D eigenvalue weighted by atomic mass is 10.0. The van der Waals surface area contributed by atoms with E-state index in [1.165, 1.54) is 12.5 Å². The van der Waals surface area contributed by atoms with Crippen molar-refractivity contribution in [3.63, 3.8) is 0 Å². The van der Waals surface area contributed by atoms with Crippen molar-refractivity contribution in [3.05, 3.63) is 40.1 Å². The summed E-state index contributed by atoms with van der Waals surface area (Å²) in [7, 11) is 1.77. The first-order chi connectivity index (χ1) is 10.4. The molecule has 22 heavy (non-hydrogen) atoms. The van der Waals surface area contributed by atoms with Crippen molar-refractivity contribution in [1.82, 2.24) is 30.0 Å². The van der Waals surface area contributed by atoms with E-state index in [1.807, 2.05) is 0 Å². The number of amides is 1. The first-order valence-corrected chi connectivity index (χ1v) is 7.09. The molecule has 1 unspecified atom stereocenters. The van der Waals surface area contributed by atoms with Gasteiger partial charge in [0.25, 0.3) is 11.5 Å². The van der Waals surface area contributed by atoms with Crippen molar-refractivity contribution in [2.75, 3.05) is 0 Å². The number of carbonyl (C=O) groups is 1. The number of H-pyrrole nitrogens is 1. The van der Waals surface area contributed by atoms with Gasteiger partial charge in [0, 0.05) is 13.2 Å². The quantitative estimate of drug-likeness (QED) is 0.847. The summed E-state index contributed by atoms with van der Waals surface area (Å²) in [5.41, 5.74) is -0.465. The Bertz CT molecular complexity index is 718. The molecule has 8 nitrogen and oxygen atoms in total. The van der Waals surface area contributed by atoms with Gasteiger partial charge in [-0.15, -0.1) is 0 Å². The van der Waals surface area contributed by atoms with Crippen LogP contribution in [0.15, 0.2) is 17.3 Å². The maximum Gasteiger partial charge on any atom is 0.263 e. The highest BCUT2D eigenvalue weighted by molar-refractivity contribution is 5.93. The lowest BCUT2D eigenvalue weighted by molar-refractivity contribution is 0.0927. The fourth-order valence-electron chi connectivity index (χ4n) is 2.20. The van der Waals surface area contributed by atoms with Gasteiger partial charge < -0.3 is 10.3 Å². The molecule has 0 spiro atoms. The summed E-state index contributed by atoms with van der Waals surface area (Å²) < 4.78 is 1.62. The van der Waals surface area contributed by atoms with Crippen molar-refractivity contribution >= 4 is 5.91 Å². The molecule has 0 saturated heterocycles. The standard InChI is InChI=1S/C14H20N6O2/c1-8(2)5-11(12-16-7-17-20(12)4)19-14(22)10-6-15-9(3)18-13(10)21/h6-8,11H,5H2,1-4H3,(H,19,22)(H,15,18,21). The summed E-state index contributed by atoms with van der Waals surface area (Å²) in [6, 6.07) is -0.319. The van der Waals surface area contributed by atoms with Crippen LogP contribution in [0.25, 0.3) is 0 Å². The first-order valence-electron chi connectivity index (χ1n) is 7.09. The van der Waals surface area contributed by atoms with Crippen LogP contribution in [0.2, 0.25) is 0 Å². The Hall–Kier alpha value is -2.51. The molecule has 2 aromatic rings. The monoisotopic (exact) mass is 304 g/mol. The lowest BCUT2D eigenvalue weighted by Gasteiger charge is -2.19. The van der Waals surface area contributed by atoms with Crippen LogP contribution in [-0.2, 0) is 7.05 Å². The zero-order valence-corrected chi connectivity index (χ0v) is 13.1. The summed E-state index contributed by atoms with van der Waals surface area (Å²) in [6.45, 7) is 5.76. The van der Waals surface area contributed by atoms with Gasteiger partial charge in [0.1, 0.15) is 23.5 Å². The molecular weight excluding hydrogens is 284 g/mol. The van der Waals surface area contributed by atoms with E-state index in [2.05, 4.69) is 39.2 Å². The van der Waals surface area contributed by atoms with E-state index in [0.717, 1.165) is 0 Å². The van der Waals surface area contributed by atoms with Crippen molar-refractivity contribution in [2.45, 2.75) is 33.2 Å². The van der Waals surface area contributed by atoms with Crippen LogP contribution in [0.1, 0.15) is 48.3 Å². The van der Waals surface area contributed by atoms with Crippen LogP contribution in [0.3, 0.4) is 0 Å². The normalized spacial score (nSPS) is 12.4. The number of nitrogens with zero attached hydrogens (tertiary/aromatic N) is 4. The maximum atomic E-state index is 12.3. The number of aryl methyl sites for hydroxylation is 2. The second-order valence-electron chi connectivity index (χ2n) is 5.61. The maximum absolute atomic E-state index is 12.3. The molecule has 1 amide bonds. The summed E-state index contributed by atoms with van der Waals surface area (Å²) >= 11 is 0. The number of aromatic nitrogens is 5. The van der Waals surface area contributed by atoms with Crippen LogP contribution in [0, 0.1) is 12.8 Å². The van der Waals surface area contributed by atoms with E-state index in [9.17, 15) is 9.59 Å². The molecule has 0 radical (unpaired) electrons. The minimum Gasteiger partial charge on any atom is -0.342 e. The van der Waals surface area contributed by atoms with Crippen molar-refractivity contribution < 1.29 is 4.79 Å². The molecule has 2 aromatic heterocycles. The Morgan fingerprint density at radius 1 is 1.41 bits per heavy atom. The third-order valence-electron chi connectivity index (χ3n) is 3.24. The minimum absolute atomic E-state index is 0.0125. The van der Waals surface area contributed by atoms with Gasteiger partial charge in [0.15, 0.2) is 0 Å². The average molecular weight is 304 g/mol. The van der Waals surface area contributed by atoms with Crippen LogP contribution in [-0.4, -0.2) is 30.6 Å². The van der Waals surface area contributed by atoms with Crippen molar-refractivity contribution in [2.24, 2.45) is 13.0 Å². The second kappa shape index (κ2) is 6.50. The van der Waals surface area contributed by atoms with E-state index in [-0.39, 0.29) is 11.6 Å². The van der Waals surface area contributed by atoms with Gasteiger partial charge in [-0.25, -0.2) is 9.97 Å². The summed E-state index contributed by atoms with van der Waals surface area (Å²) in [5, 5.41) is 6.87. The average Bonchev–Trinajstić information content (AvgIpc) is 2.83. The molecule has 0 aromatic carbocycles. The molecule has 118 valence electrons. The smallest absolute Gasteiger partial charge is 0.263 e. The zero-order chi connectivity index (χ0) is 16.3. The van der Waals surface area contributed by atoms with E-state index < -0.39 is 11.5 Å². The molecular formula is C14H20N6O2. The van der Waals surface area contributed by atoms with E-state index >= 15 is 0 Å². The summed E-state index contributed by atoms with van der Waals surface area (Å²) in [4.78, 5) is 34.9. The topological polar surface area (TPSA) is 106 Å². The number of rotatable bonds is 5. The predicted octanol–water partition coefficient (Wildman–Crippen LogP) is 0.724. The number of hydrogen-bond donors (Lipinski definition) is 2. The number of aromatic amines is 1. The van der Waals surface area contributed by atoms with E-state index in [4.69, 9.17) is 0 Å². The molecule has 0 aliphatic rings. The van der Waals surface area contributed by atoms with Gasteiger partial charge in [-0.05, 0) is 19.3 Å². The Kier molecular flexibility index (Phi) is 4.69. The number of carbonyl (C=O) groups excluding carboxylic acids is 1. The van der Waals surface area contributed by atoms with Crippen LogP contribution in [0.5, 0.6) is 0 Å². The Morgan fingerprint density at radius 2 is 2.14 bits per heavy atom. The highest BCUT2D eigenvalue weighted by Crippen LogP contribution is 2.19. The van der Waals surface area contributed by atoms with Gasteiger partial charge in [0.2, 0.25) is 0 Å². The summed E-state index contributed by atoms with van der Waals surface area (Å²) in [5.74, 6) is 0.992. The fraction of sp³-hybridized carbons (Fsp3) is 0.500. The molecule has 0 aliphatic heterocycles. The van der Waals surface area contributed by atoms with Gasteiger partial charge in [-0.2, -0.15) is 5.10 Å². The third kappa shape index (κ3) is 3.57. The highest BCUT2D eigenvalue weighted by Gasteiger charge is 2.22. The van der Waals surface area contributed by atoms with Crippen LogP contribution in [0.4, 0.5) is 0 Å². The molecule has 0 aliphatic carbocycles. The molecule has 0 bridgehead atoms. The Labute approximate surface area is 128 Å². The van der Waals surface area contributed by atoms with E-state index in [0.29, 0.717) is 24.0 Å². The Balaban J connectivity index is 2.25. The molecule has 1 atom stereocenters. The molecule has 0 fully saturated rings. The van der Waals surface area contributed by atoms with Gasteiger partial charge in [-0.3, -0.25) is 14.3 Å². The SMILES string of the molecule is Cc1ncc(C(=O)NC(CC(C)C)c2ncnn2C)c(=O)[nH]1. The predicted molar refractivity (Wildman–Crippen MR) is 80.3 cm³/mol. The molecule has 8 heteroatoms. The third-order valence-corrected chi connectivity index (χ3v) is 3.24. The van der Waals surface area contributed by atoms with Gasteiger partial charge in [0.05, 0.1) is 6.04 Å². The van der Waals surface area contributed by atoms with Crippen molar-refractivity contribution in [3.8, 4) is 0 Å².